The van der Waals surface area contributed by atoms with Crippen molar-refractivity contribution in [2.75, 3.05) is 13.1 Å². The fourth-order valence-electron chi connectivity index (χ4n) is 2.12. The fraction of sp³-hybridized carbons (Fsp3) is 0.375. The quantitative estimate of drug-likeness (QED) is 0.795. The molecule has 21 heavy (non-hydrogen) atoms. The largest absolute Gasteiger partial charge is 0.354 e. The summed E-state index contributed by atoms with van der Waals surface area (Å²) in [5.74, 6) is 0. The summed E-state index contributed by atoms with van der Waals surface area (Å²) in [4.78, 5) is 17.9. The van der Waals surface area contributed by atoms with E-state index >= 15 is 0 Å². The average molecular weight is 286 g/mol. The SMILES string of the molecule is CCN(Cc1ccncc1)C(=O)NCCCn1cccc1. The van der Waals surface area contributed by atoms with Gasteiger partial charge in [-0.1, -0.05) is 0 Å². The molecule has 0 aliphatic heterocycles. The van der Waals surface area contributed by atoms with Gasteiger partial charge in [0.15, 0.2) is 0 Å². The minimum atomic E-state index is -0.0122. The third-order valence-electron chi connectivity index (χ3n) is 3.33. The monoisotopic (exact) mass is 286 g/mol. The van der Waals surface area contributed by atoms with Crippen molar-refractivity contribution in [1.82, 2.24) is 19.8 Å². The Morgan fingerprint density at radius 2 is 2.00 bits per heavy atom. The van der Waals surface area contributed by atoms with E-state index in [1.54, 1.807) is 17.3 Å². The second-order valence-electron chi connectivity index (χ2n) is 4.88. The molecule has 0 fully saturated rings. The number of rotatable bonds is 7. The molecular formula is C16H22N4O. The van der Waals surface area contributed by atoms with Gasteiger partial charge in [0.1, 0.15) is 0 Å². The van der Waals surface area contributed by atoms with Gasteiger partial charge in [-0.3, -0.25) is 4.98 Å². The van der Waals surface area contributed by atoms with E-state index in [1.807, 2.05) is 43.6 Å². The van der Waals surface area contributed by atoms with E-state index in [9.17, 15) is 4.79 Å². The van der Waals surface area contributed by atoms with Crippen molar-refractivity contribution in [2.45, 2.75) is 26.4 Å². The van der Waals surface area contributed by atoms with Crippen LogP contribution in [0.15, 0.2) is 49.1 Å². The van der Waals surface area contributed by atoms with Crippen LogP contribution < -0.4 is 5.32 Å². The second-order valence-corrected chi connectivity index (χ2v) is 4.88. The molecule has 0 radical (unpaired) electrons. The Balaban J connectivity index is 1.72. The third kappa shape index (κ3) is 4.95. The molecule has 0 aliphatic rings. The predicted molar refractivity (Wildman–Crippen MR) is 82.8 cm³/mol. The number of aryl methyl sites for hydroxylation is 1. The highest BCUT2D eigenvalue weighted by Gasteiger charge is 2.10. The number of carbonyl (C=O) groups is 1. The van der Waals surface area contributed by atoms with Gasteiger partial charge in [-0.05, 0) is 43.2 Å². The van der Waals surface area contributed by atoms with Crippen LogP contribution in [0.4, 0.5) is 4.79 Å². The Labute approximate surface area is 125 Å². The predicted octanol–water partition coefficient (Wildman–Crippen LogP) is 2.50. The van der Waals surface area contributed by atoms with Gasteiger partial charge in [0, 0.05) is 51.0 Å². The van der Waals surface area contributed by atoms with E-state index < -0.39 is 0 Å². The van der Waals surface area contributed by atoms with Gasteiger partial charge in [-0.15, -0.1) is 0 Å². The molecule has 2 amide bonds. The Hall–Kier alpha value is -2.30. The van der Waals surface area contributed by atoms with E-state index in [-0.39, 0.29) is 6.03 Å². The van der Waals surface area contributed by atoms with E-state index in [0.29, 0.717) is 19.6 Å². The molecule has 0 bridgehead atoms. The maximum atomic E-state index is 12.1. The van der Waals surface area contributed by atoms with Crippen molar-refractivity contribution in [3.63, 3.8) is 0 Å². The van der Waals surface area contributed by atoms with Crippen molar-refractivity contribution >= 4 is 6.03 Å². The van der Waals surface area contributed by atoms with Crippen molar-refractivity contribution in [3.8, 4) is 0 Å². The lowest BCUT2D eigenvalue weighted by molar-refractivity contribution is 0.198. The molecule has 5 heteroatoms. The summed E-state index contributed by atoms with van der Waals surface area (Å²) >= 11 is 0. The number of pyridine rings is 1. The summed E-state index contributed by atoms with van der Waals surface area (Å²) in [6, 6.07) is 7.86. The van der Waals surface area contributed by atoms with Gasteiger partial charge in [0.05, 0.1) is 0 Å². The highest BCUT2D eigenvalue weighted by molar-refractivity contribution is 5.74. The van der Waals surface area contributed by atoms with Crippen LogP contribution in [0.3, 0.4) is 0 Å². The first-order chi connectivity index (χ1) is 10.3. The molecule has 0 saturated heterocycles. The fourth-order valence-corrected chi connectivity index (χ4v) is 2.12. The summed E-state index contributed by atoms with van der Waals surface area (Å²) < 4.78 is 2.11. The molecule has 2 aromatic rings. The molecule has 0 aliphatic carbocycles. The molecule has 0 aromatic carbocycles. The number of hydrogen-bond acceptors (Lipinski definition) is 2. The summed E-state index contributed by atoms with van der Waals surface area (Å²) in [6.07, 6.45) is 8.48. The molecule has 0 unspecified atom stereocenters. The Morgan fingerprint density at radius 3 is 2.67 bits per heavy atom. The number of nitrogens with zero attached hydrogens (tertiary/aromatic N) is 3. The van der Waals surface area contributed by atoms with E-state index in [4.69, 9.17) is 0 Å². The van der Waals surface area contributed by atoms with Crippen molar-refractivity contribution in [1.29, 1.82) is 0 Å². The Bertz CT molecular complexity index is 524. The van der Waals surface area contributed by atoms with Gasteiger partial charge < -0.3 is 14.8 Å². The topological polar surface area (TPSA) is 50.2 Å². The summed E-state index contributed by atoms with van der Waals surface area (Å²) in [5.41, 5.74) is 1.09. The molecule has 0 spiro atoms. The number of aromatic nitrogens is 2. The zero-order valence-corrected chi connectivity index (χ0v) is 12.4. The highest BCUT2D eigenvalue weighted by atomic mass is 16.2. The molecule has 1 N–H and O–H groups in total. The van der Waals surface area contributed by atoms with Crippen LogP contribution in [0.2, 0.25) is 0 Å². The van der Waals surface area contributed by atoms with Crippen molar-refractivity contribution in [2.24, 2.45) is 0 Å². The van der Waals surface area contributed by atoms with Crippen LogP contribution in [-0.4, -0.2) is 33.6 Å². The second kappa shape index (κ2) is 8.09. The van der Waals surface area contributed by atoms with Gasteiger partial charge >= 0.3 is 6.03 Å². The van der Waals surface area contributed by atoms with E-state index in [1.165, 1.54) is 0 Å². The number of hydrogen-bond donors (Lipinski definition) is 1. The first-order valence-corrected chi connectivity index (χ1v) is 7.32. The standard InChI is InChI=1S/C16H22N4O/c1-2-20(14-15-6-9-17-10-7-15)16(21)18-8-5-13-19-11-3-4-12-19/h3-4,6-7,9-12H,2,5,8,13-14H2,1H3,(H,18,21). The molecule has 0 saturated carbocycles. The zero-order valence-electron chi connectivity index (χ0n) is 12.4. The minimum absolute atomic E-state index is 0.0122. The molecule has 2 rings (SSSR count). The van der Waals surface area contributed by atoms with Gasteiger partial charge in [0.2, 0.25) is 0 Å². The number of nitrogens with one attached hydrogen (secondary N) is 1. The minimum Gasteiger partial charge on any atom is -0.354 e. The third-order valence-corrected chi connectivity index (χ3v) is 3.33. The zero-order chi connectivity index (χ0) is 14.9. The molecule has 2 heterocycles. The average Bonchev–Trinajstić information content (AvgIpc) is 3.03. The van der Waals surface area contributed by atoms with Crippen LogP contribution in [0, 0.1) is 0 Å². The van der Waals surface area contributed by atoms with Gasteiger partial charge in [-0.2, -0.15) is 0 Å². The maximum Gasteiger partial charge on any atom is 0.317 e. The lowest BCUT2D eigenvalue weighted by atomic mass is 10.2. The first kappa shape index (κ1) is 15.1. The van der Waals surface area contributed by atoms with Crippen molar-refractivity contribution < 1.29 is 4.79 Å². The lowest BCUT2D eigenvalue weighted by Gasteiger charge is -2.21. The summed E-state index contributed by atoms with van der Waals surface area (Å²) in [5, 5.41) is 2.97. The molecule has 112 valence electrons. The van der Waals surface area contributed by atoms with E-state index in [0.717, 1.165) is 18.5 Å². The highest BCUT2D eigenvalue weighted by Crippen LogP contribution is 2.03. The van der Waals surface area contributed by atoms with Gasteiger partial charge in [0.25, 0.3) is 0 Å². The van der Waals surface area contributed by atoms with Crippen LogP contribution in [0.25, 0.3) is 0 Å². The summed E-state index contributed by atoms with van der Waals surface area (Å²) in [7, 11) is 0. The molecule has 2 aromatic heterocycles. The maximum absolute atomic E-state index is 12.1. The Morgan fingerprint density at radius 1 is 1.29 bits per heavy atom. The van der Waals surface area contributed by atoms with Crippen LogP contribution in [0.1, 0.15) is 18.9 Å². The number of urea groups is 1. The number of amides is 2. The Kier molecular flexibility index (Phi) is 5.82. The number of carbonyl (C=O) groups excluding carboxylic acids is 1. The van der Waals surface area contributed by atoms with Crippen LogP contribution in [-0.2, 0) is 13.1 Å². The molecular weight excluding hydrogens is 264 g/mol. The smallest absolute Gasteiger partial charge is 0.317 e. The van der Waals surface area contributed by atoms with Crippen molar-refractivity contribution in [3.05, 3.63) is 54.6 Å². The lowest BCUT2D eigenvalue weighted by Crippen LogP contribution is -2.39. The molecule has 0 atom stereocenters. The summed E-state index contributed by atoms with van der Waals surface area (Å²) in [6.45, 7) is 4.89. The van der Waals surface area contributed by atoms with Gasteiger partial charge in [-0.25, -0.2) is 4.79 Å². The van der Waals surface area contributed by atoms with Crippen LogP contribution in [0.5, 0.6) is 0 Å². The van der Waals surface area contributed by atoms with Crippen LogP contribution >= 0.6 is 0 Å². The molecule has 5 nitrogen and oxygen atoms in total. The normalized spacial score (nSPS) is 10.3. The first-order valence-electron chi connectivity index (χ1n) is 7.32. The van der Waals surface area contributed by atoms with E-state index in [2.05, 4.69) is 14.9 Å².